The minimum absolute atomic E-state index is 0.221. The first kappa shape index (κ1) is 27.8. The van der Waals surface area contributed by atoms with Crippen molar-refractivity contribution in [1.29, 1.82) is 5.26 Å². The molecule has 6 nitrogen and oxygen atoms in total. The summed E-state index contributed by atoms with van der Waals surface area (Å²) in [5, 5.41) is 23.3. The first-order valence-electron chi connectivity index (χ1n) is 13.7. The Morgan fingerprint density at radius 2 is 1.44 bits per heavy atom. The van der Waals surface area contributed by atoms with Crippen LogP contribution in [0.3, 0.4) is 0 Å². The number of rotatable bonds is 9. The highest BCUT2D eigenvalue weighted by atomic mass is 32.2. The van der Waals surface area contributed by atoms with Crippen molar-refractivity contribution in [3.8, 4) is 28.3 Å². The van der Waals surface area contributed by atoms with Crippen molar-refractivity contribution in [2.24, 2.45) is 0 Å². The minimum Gasteiger partial charge on any atom is -0.480 e. The summed E-state index contributed by atoms with van der Waals surface area (Å²) in [4.78, 5) is 24.2. The Bertz CT molecular complexity index is 1970. The van der Waals surface area contributed by atoms with Gasteiger partial charge in [-0.15, -0.1) is 0 Å². The van der Waals surface area contributed by atoms with E-state index in [1.54, 1.807) is 0 Å². The van der Waals surface area contributed by atoms with E-state index in [0.29, 0.717) is 16.9 Å². The normalized spacial score (nSPS) is 11.7. The first-order chi connectivity index (χ1) is 21.0. The van der Waals surface area contributed by atoms with E-state index in [2.05, 4.69) is 66.0 Å². The average Bonchev–Trinajstić information content (AvgIpc) is 3.43. The number of carbonyl (C=O) groups is 2. The molecule has 7 heteroatoms. The highest BCUT2D eigenvalue weighted by molar-refractivity contribution is 7.98. The summed E-state index contributed by atoms with van der Waals surface area (Å²) in [5.74, 6) is -0.748. The third-order valence-electron chi connectivity index (χ3n) is 7.32. The van der Waals surface area contributed by atoms with Crippen LogP contribution in [-0.2, 0) is 10.5 Å². The second-order valence-electron chi connectivity index (χ2n) is 10.1. The number of furan rings is 1. The third-order valence-corrected chi connectivity index (χ3v) is 8.43. The van der Waals surface area contributed by atoms with Crippen LogP contribution in [0.1, 0.15) is 21.5 Å². The zero-order valence-electron chi connectivity index (χ0n) is 23.0. The quantitative estimate of drug-likeness (QED) is 0.180. The van der Waals surface area contributed by atoms with Gasteiger partial charge in [-0.2, -0.15) is 17.0 Å². The molecule has 0 spiro atoms. The topological polar surface area (TPSA) is 103 Å². The molecule has 0 saturated carbocycles. The fraction of sp³-hybridized carbons (Fsp3) is 0.0833. The number of amides is 1. The van der Waals surface area contributed by atoms with Gasteiger partial charge in [-0.1, -0.05) is 84.9 Å². The highest BCUT2D eigenvalue weighted by Crippen LogP contribution is 2.36. The SMILES string of the molecule is N#Cc1ccc(C(=O)NC(CSCc2ccc(-c3ccc(-c4cccc5c4oc4ccccc45)cc3)cc2)C(=O)O)cc1. The number of thioether (sulfide) groups is 1. The van der Waals surface area contributed by atoms with E-state index in [-0.39, 0.29) is 5.75 Å². The number of nitrogens with zero attached hydrogens (tertiary/aromatic N) is 1. The minimum atomic E-state index is -1.09. The predicted octanol–water partition coefficient (Wildman–Crippen LogP) is 7.91. The van der Waals surface area contributed by atoms with Crippen molar-refractivity contribution in [2.45, 2.75) is 11.8 Å². The number of carboxylic acids is 1. The van der Waals surface area contributed by atoms with Gasteiger partial charge < -0.3 is 14.8 Å². The van der Waals surface area contributed by atoms with Gasteiger partial charge in [0.2, 0.25) is 0 Å². The van der Waals surface area contributed by atoms with Crippen LogP contribution in [-0.4, -0.2) is 28.8 Å². The Balaban J connectivity index is 1.08. The largest absolute Gasteiger partial charge is 0.480 e. The lowest BCUT2D eigenvalue weighted by atomic mass is 9.98. The molecule has 1 unspecified atom stereocenters. The van der Waals surface area contributed by atoms with Crippen LogP contribution < -0.4 is 5.32 Å². The summed E-state index contributed by atoms with van der Waals surface area (Å²) in [5.41, 5.74) is 7.89. The number of nitriles is 1. The molecule has 0 aliphatic heterocycles. The molecule has 0 saturated heterocycles. The molecule has 6 aromatic rings. The summed E-state index contributed by atoms with van der Waals surface area (Å²) >= 11 is 1.44. The molecule has 1 amide bonds. The number of hydrogen-bond acceptors (Lipinski definition) is 5. The number of nitrogens with one attached hydrogen (secondary N) is 1. The fourth-order valence-electron chi connectivity index (χ4n) is 5.02. The maximum absolute atomic E-state index is 12.5. The maximum atomic E-state index is 12.5. The first-order valence-corrected chi connectivity index (χ1v) is 14.9. The number of para-hydroxylation sites is 2. The van der Waals surface area contributed by atoms with Crippen LogP contribution in [0.5, 0.6) is 0 Å². The van der Waals surface area contributed by atoms with E-state index in [1.807, 2.05) is 36.4 Å². The van der Waals surface area contributed by atoms with E-state index in [4.69, 9.17) is 9.68 Å². The van der Waals surface area contributed by atoms with Crippen molar-refractivity contribution >= 4 is 45.6 Å². The zero-order chi connectivity index (χ0) is 29.8. The molecule has 0 radical (unpaired) electrons. The maximum Gasteiger partial charge on any atom is 0.327 e. The summed E-state index contributed by atoms with van der Waals surface area (Å²) in [6.07, 6.45) is 0. The van der Waals surface area contributed by atoms with E-state index in [0.717, 1.165) is 49.8 Å². The molecule has 0 aliphatic carbocycles. The Morgan fingerprint density at radius 3 is 2.14 bits per heavy atom. The molecule has 1 heterocycles. The standard InChI is InChI=1S/C36H26N2O4S/c37-20-23-8-14-28(15-9-23)35(39)38-32(36(40)41)22-43-21-24-10-12-25(13-11-24)26-16-18-27(19-17-26)29-5-3-6-31-30-4-1-2-7-33(30)42-34(29)31/h1-19,32H,21-22H2,(H,38,39)(H,40,41). The second kappa shape index (κ2) is 12.3. The average molecular weight is 583 g/mol. The Labute approximate surface area is 252 Å². The van der Waals surface area contributed by atoms with Crippen molar-refractivity contribution in [2.75, 3.05) is 5.75 Å². The fourth-order valence-corrected chi connectivity index (χ4v) is 6.02. The second-order valence-corrected chi connectivity index (χ2v) is 11.2. The van der Waals surface area contributed by atoms with Gasteiger partial charge in [0.25, 0.3) is 5.91 Å². The van der Waals surface area contributed by atoms with Crippen LogP contribution in [0, 0.1) is 11.3 Å². The molecule has 210 valence electrons. The molecule has 43 heavy (non-hydrogen) atoms. The van der Waals surface area contributed by atoms with Crippen molar-refractivity contribution in [3.63, 3.8) is 0 Å². The Hall–Kier alpha value is -5.32. The van der Waals surface area contributed by atoms with Gasteiger partial charge in [-0.25, -0.2) is 4.79 Å². The van der Waals surface area contributed by atoms with Crippen molar-refractivity contribution in [1.82, 2.24) is 5.32 Å². The lowest BCUT2D eigenvalue weighted by molar-refractivity contribution is -0.138. The van der Waals surface area contributed by atoms with Crippen molar-refractivity contribution < 1.29 is 19.1 Å². The summed E-state index contributed by atoms with van der Waals surface area (Å²) < 4.78 is 6.21. The molecular formula is C36H26N2O4S. The lowest BCUT2D eigenvalue weighted by Gasteiger charge is -2.14. The molecule has 0 aliphatic rings. The van der Waals surface area contributed by atoms with Gasteiger partial charge in [0.1, 0.15) is 17.2 Å². The zero-order valence-corrected chi connectivity index (χ0v) is 23.8. The molecule has 2 N–H and O–H groups in total. The van der Waals surface area contributed by atoms with E-state index < -0.39 is 17.9 Å². The van der Waals surface area contributed by atoms with Crippen LogP contribution >= 0.6 is 11.8 Å². The Morgan fingerprint density at radius 1 is 0.791 bits per heavy atom. The molecular weight excluding hydrogens is 556 g/mol. The van der Waals surface area contributed by atoms with Gasteiger partial charge in [-0.05, 0) is 52.6 Å². The van der Waals surface area contributed by atoms with Gasteiger partial charge in [0.05, 0.1) is 11.6 Å². The van der Waals surface area contributed by atoms with Crippen LogP contribution in [0.15, 0.2) is 120 Å². The van der Waals surface area contributed by atoms with Gasteiger partial charge in [-0.3, -0.25) is 4.79 Å². The Kier molecular flexibility index (Phi) is 7.94. The van der Waals surface area contributed by atoms with Gasteiger partial charge in [0.15, 0.2) is 0 Å². The molecule has 0 fully saturated rings. The number of benzene rings is 5. The summed E-state index contributed by atoms with van der Waals surface area (Å²) in [7, 11) is 0. The van der Waals surface area contributed by atoms with E-state index >= 15 is 0 Å². The number of carboxylic acid groups (broad SMARTS) is 1. The van der Waals surface area contributed by atoms with E-state index in [9.17, 15) is 14.7 Å². The number of hydrogen-bond donors (Lipinski definition) is 2. The number of fused-ring (bicyclic) bond motifs is 3. The summed E-state index contributed by atoms with van der Waals surface area (Å²) in [6, 6.07) is 38.0. The van der Waals surface area contributed by atoms with Crippen molar-refractivity contribution in [3.05, 3.63) is 132 Å². The monoisotopic (exact) mass is 582 g/mol. The predicted molar refractivity (Wildman–Crippen MR) is 171 cm³/mol. The lowest BCUT2D eigenvalue weighted by Crippen LogP contribution is -2.42. The van der Waals surface area contributed by atoms with Crippen LogP contribution in [0.2, 0.25) is 0 Å². The smallest absolute Gasteiger partial charge is 0.327 e. The molecule has 6 rings (SSSR count). The third kappa shape index (κ3) is 6.01. The molecule has 5 aromatic carbocycles. The molecule has 1 aromatic heterocycles. The van der Waals surface area contributed by atoms with Gasteiger partial charge in [0, 0.05) is 33.4 Å². The van der Waals surface area contributed by atoms with Gasteiger partial charge >= 0.3 is 5.97 Å². The summed E-state index contributed by atoms with van der Waals surface area (Å²) in [6.45, 7) is 0. The van der Waals surface area contributed by atoms with E-state index in [1.165, 1.54) is 36.0 Å². The van der Waals surface area contributed by atoms with Crippen LogP contribution in [0.25, 0.3) is 44.2 Å². The molecule has 1 atom stereocenters. The highest BCUT2D eigenvalue weighted by Gasteiger charge is 2.21. The number of carbonyl (C=O) groups excluding carboxylic acids is 1. The van der Waals surface area contributed by atoms with Crippen LogP contribution in [0.4, 0.5) is 0 Å². The number of aliphatic carboxylic acids is 1. The molecule has 0 bridgehead atoms.